The number of amides is 1. The zero-order chi connectivity index (χ0) is 22.5. The number of aromatic amines is 1. The lowest BCUT2D eigenvalue weighted by Crippen LogP contribution is -2.28. The van der Waals surface area contributed by atoms with E-state index in [1.165, 1.54) is 0 Å². The molecule has 0 bridgehead atoms. The number of methoxy groups -OCH3 is 1. The maximum Gasteiger partial charge on any atom is 0.251 e. The van der Waals surface area contributed by atoms with Crippen molar-refractivity contribution in [2.24, 2.45) is 0 Å². The summed E-state index contributed by atoms with van der Waals surface area (Å²) in [4.78, 5) is 16.1. The molecule has 164 valence electrons. The molecule has 6 heteroatoms. The van der Waals surface area contributed by atoms with E-state index in [2.05, 4.69) is 16.4 Å². The molecule has 4 aromatic rings. The summed E-state index contributed by atoms with van der Waals surface area (Å²) < 4.78 is 11.2. The minimum absolute atomic E-state index is 0.0908. The fourth-order valence-corrected chi connectivity index (χ4v) is 3.99. The summed E-state index contributed by atoms with van der Waals surface area (Å²) in [7, 11) is 1.63. The van der Waals surface area contributed by atoms with E-state index in [1.807, 2.05) is 49.5 Å². The van der Waals surface area contributed by atoms with E-state index in [9.17, 15) is 4.79 Å². The minimum atomic E-state index is -0.149. The average molecular weight is 449 g/mol. The normalized spacial score (nSPS) is 11.8. The first-order valence-corrected chi connectivity index (χ1v) is 10.9. The molecule has 0 aliphatic carbocycles. The van der Waals surface area contributed by atoms with Gasteiger partial charge in [0.25, 0.3) is 5.91 Å². The van der Waals surface area contributed by atoms with E-state index < -0.39 is 0 Å². The number of benzene rings is 3. The van der Waals surface area contributed by atoms with E-state index in [0.29, 0.717) is 35.2 Å². The third-order valence-electron chi connectivity index (χ3n) is 5.46. The van der Waals surface area contributed by atoms with Crippen molar-refractivity contribution in [2.75, 3.05) is 20.3 Å². The van der Waals surface area contributed by atoms with Crippen LogP contribution in [0.5, 0.6) is 11.5 Å². The zero-order valence-corrected chi connectivity index (χ0v) is 18.8. The molecule has 0 aliphatic heterocycles. The number of rotatable bonds is 8. The Morgan fingerprint density at radius 3 is 2.59 bits per heavy atom. The molecule has 4 rings (SSSR count). The van der Waals surface area contributed by atoms with Gasteiger partial charge >= 0.3 is 0 Å². The Balaban J connectivity index is 1.69. The molecular weight excluding hydrogens is 424 g/mol. The van der Waals surface area contributed by atoms with Crippen LogP contribution in [0.2, 0.25) is 5.02 Å². The molecule has 1 amide bonds. The van der Waals surface area contributed by atoms with Gasteiger partial charge in [-0.25, -0.2) is 0 Å². The molecule has 32 heavy (non-hydrogen) atoms. The summed E-state index contributed by atoms with van der Waals surface area (Å²) in [6.45, 7) is 2.91. The number of para-hydroxylation sites is 1. The van der Waals surface area contributed by atoms with Gasteiger partial charge in [-0.05, 0) is 60.5 Å². The van der Waals surface area contributed by atoms with E-state index in [4.69, 9.17) is 21.1 Å². The number of hydrogen-bond acceptors (Lipinski definition) is 3. The number of halogens is 1. The van der Waals surface area contributed by atoms with E-state index in [-0.39, 0.29) is 11.8 Å². The third kappa shape index (κ3) is 4.58. The third-order valence-corrected chi connectivity index (χ3v) is 5.71. The Morgan fingerprint density at radius 2 is 1.84 bits per heavy atom. The van der Waals surface area contributed by atoms with Gasteiger partial charge in [0.05, 0.1) is 13.7 Å². The topological polar surface area (TPSA) is 63.3 Å². The highest BCUT2D eigenvalue weighted by Gasteiger charge is 2.21. The molecule has 0 spiro atoms. The lowest BCUT2D eigenvalue weighted by molar-refractivity contribution is 0.0952. The molecule has 0 saturated heterocycles. The monoisotopic (exact) mass is 448 g/mol. The van der Waals surface area contributed by atoms with Crippen LogP contribution in [0.1, 0.15) is 34.3 Å². The summed E-state index contributed by atoms with van der Waals surface area (Å²) in [5, 5.41) is 4.79. The number of ether oxygens (including phenoxy) is 2. The number of carbonyl (C=O) groups is 1. The standard InChI is InChI=1S/C26H25ClN2O3/c1-3-32-24-13-10-18(14-25(24)31-2)21(22-16-28-23-7-5-4-6-20(22)23)15-29-26(30)17-8-11-19(27)12-9-17/h4-14,16,21,28H,3,15H2,1-2H3,(H,29,30). The highest BCUT2D eigenvalue weighted by atomic mass is 35.5. The lowest BCUT2D eigenvalue weighted by atomic mass is 9.90. The number of aromatic nitrogens is 1. The van der Waals surface area contributed by atoms with Gasteiger partial charge in [0.2, 0.25) is 0 Å². The van der Waals surface area contributed by atoms with Gasteiger partial charge < -0.3 is 19.8 Å². The predicted molar refractivity (Wildman–Crippen MR) is 128 cm³/mol. The maximum atomic E-state index is 12.8. The summed E-state index contributed by atoms with van der Waals surface area (Å²) in [6, 6.07) is 20.9. The summed E-state index contributed by atoms with van der Waals surface area (Å²) in [6.07, 6.45) is 2.01. The van der Waals surface area contributed by atoms with E-state index in [1.54, 1.807) is 31.4 Å². The molecule has 0 aliphatic rings. The van der Waals surface area contributed by atoms with Crippen molar-refractivity contribution in [1.82, 2.24) is 10.3 Å². The van der Waals surface area contributed by atoms with Crippen LogP contribution in [0, 0.1) is 0 Å². The van der Waals surface area contributed by atoms with Crippen LogP contribution in [0.25, 0.3) is 10.9 Å². The quantitative estimate of drug-likeness (QED) is 0.358. The van der Waals surface area contributed by atoms with Gasteiger partial charge in [0.1, 0.15) is 0 Å². The Labute approximate surface area is 192 Å². The molecule has 2 N–H and O–H groups in total. The molecule has 3 aromatic carbocycles. The molecule has 5 nitrogen and oxygen atoms in total. The zero-order valence-electron chi connectivity index (χ0n) is 18.0. The summed E-state index contributed by atoms with van der Waals surface area (Å²) in [5.41, 5.74) is 3.74. The van der Waals surface area contributed by atoms with Crippen LogP contribution in [-0.2, 0) is 0 Å². The fourth-order valence-electron chi connectivity index (χ4n) is 3.86. The Bertz CT molecular complexity index is 1220. The van der Waals surface area contributed by atoms with E-state index in [0.717, 1.165) is 22.0 Å². The second-order valence-electron chi connectivity index (χ2n) is 7.40. The number of fused-ring (bicyclic) bond motifs is 1. The number of H-pyrrole nitrogens is 1. The van der Waals surface area contributed by atoms with Crippen LogP contribution in [0.4, 0.5) is 0 Å². The maximum absolute atomic E-state index is 12.8. The van der Waals surface area contributed by atoms with Crippen LogP contribution in [0.15, 0.2) is 72.9 Å². The first kappa shape index (κ1) is 21.8. The molecule has 1 unspecified atom stereocenters. The van der Waals surface area contributed by atoms with Gasteiger partial charge in [0.15, 0.2) is 11.5 Å². The Hall–Kier alpha value is -3.44. The van der Waals surface area contributed by atoms with Gasteiger partial charge in [0, 0.05) is 40.1 Å². The summed E-state index contributed by atoms with van der Waals surface area (Å²) >= 11 is 5.95. The van der Waals surface area contributed by atoms with Crippen LogP contribution >= 0.6 is 11.6 Å². The van der Waals surface area contributed by atoms with Crippen molar-refractivity contribution in [1.29, 1.82) is 0 Å². The number of hydrogen-bond donors (Lipinski definition) is 2. The largest absolute Gasteiger partial charge is 0.493 e. The Morgan fingerprint density at radius 1 is 1.06 bits per heavy atom. The first-order chi connectivity index (χ1) is 15.6. The second kappa shape index (κ2) is 9.79. The smallest absolute Gasteiger partial charge is 0.251 e. The van der Waals surface area contributed by atoms with Gasteiger partial charge in [-0.3, -0.25) is 4.79 Å². The number of nitrogens with one attached hydrogen (secondary N) is 2. The van der Waals surface area contributed by atoms with Gasteiger partial charge in [-0.15, -0.1) is 0 Å². The van der Waals surface area contributed by atoms with Gasteiger partial charge in [-0.2, -0.15) is 0 Å². The lowest BCUT2D eigenvalue weighted by Gasteiger charge is -2.20. The van der Waals surface area contributed by atoms with Crippen molar-refractivity contribution in [2.45, 2.75) is 12.8 Å². The molecule has 1 aromatic heterocycles. The second-order valence-corrected chi connectivity index (χ2v) is 7.84. The van der Waals surface area contributed by atoms with Crippen molar-refractivity contribution in [3.8, 4) is 11.5 Å². The van der Waals surface area contributed by atoms with Crippen molar-refractivity contribution in [3.05, 3.63) is 94.6 Å². The number of carbonyl (C=O) groups excluding carboxylic acids is 1. The highest BCUT2D eigenvalue weighted by molar-refractivity contribution is 6.30. The molecule has 0 radical (unpaired) electrons. The molecule has 0 saturated carbocycles. The first-order valence-electron chi connectivity index (χ1n) is 10.5. The summed E-state index contributed by atoms with van der Waals surface area (Å²) in [5.74, 6) is 1.12. The van der Waals surface area contributed by atoms with Crippen molar-refractivity contribution in [3.63, 3.8) is 0 Å². The van der Waals surface area contributed by atoms with Crippen LogP contribution in [-0.4, -0.2) is 31.2 Å². The van der Waals surface area contributed by atoms with Crippen LogP contribution in [0.3, 0.4) is 0 Å². The minimum Gasteiger partial charge on any atom is -0.493 e. The van der Waals surface area contributed by atoms with Gasteiger partial charge in [-0.1, -0.05) is 35.9 Å². The molecule has 1 heterocycles. The molecular formula is C26H25ClN2O3. The van der Waals surface area contributed by atoms with E-state index >= 15 is 0 Å². The molecule has 0 fully saturated rings. The van der Waals surface area contributed by atoms with Crippen molar-refractivity contribution < 1.29 is 14.3 Å². The highest BCUT2D eigenvalue weighted by Crippen LogP contribution is 2.36. The molecule has 1 atom stereocenters. The Kier molecular flexibility index (Phi) is 6.66. The fraction of sp³-hybridized carbons (Fsp3) is 0.192. The SMILES string of the molecule is CCOc1ccc(C(CNC(=O)c2ccc(Cl)cc2)c2c[nH]c3ccccc23)cc1OC. The average Bonchev–Trinajstić information content (AvgIpc) is 3.24. The van der Waals surface area contributed by atoms with Crippen LogP contribution < -0.4 is 14.8 Å². The van der Waals surface area contributed by atoms with Crippen molar-refractivity contribution >= 4 is 28.4 Å². The predicted octanol–water partition coefficient (Wildman–Crippen LogP) is 5.79.